The molecule has 1 aromatic rings. The summed E-state index contributed by atoms with van der Waals surface area (Å²) >= 11 is 0. The first-order valence-corrected chi connectivity index (χ1v) is 5.76. The first kappa shape index (κ1) is 12.3. The Kier molecular flexibility index (Phi) is 4.34. The van der Waals surface area contributed by atoms with Crippen LogP contribution in [0.15, 0.2) is 30.3 Å². The van der Waals surface area contributed by atoms with Crippen molar-refractivity contribution < 1.29 is 5.11 Å². The zero-order chi connectivity index (χ0) is 11.3. The van der Waals surface area contributed by atoms with Crippen molar-refractivity contribution in [1.82, 2.24) is 0 Å². The SMILES string of the molecule is CC(C)CCC(C)(O)Cc1ccccc1. The predicted octanol–water partition coefficient (Wildman–Crippen LogP) is 3.42. The molecule has 1 rings (SSSR count). The lowest BCUT2D eigenvalue weighted by Gasteiger charge is -2.24. The van der Waals surface area contributed by atoms with Gasteiger partial charge in [-0.1, -0.05) is 44.2 Å². The van der Waals surface area contributed by atoms with Gasteiger partial charge >= 0.3 is 0 Å². The van der Waals surface area contributed by atoms with Gasteiger partial charge in [0.2, 0.25) is 0 Å². The third-order valence-electron chi connectivity index (χ3n) is 2.69. The maximum Gasteiger partial charge on any atom is 0.0660 e. The van der Waals surface area contributed by atoms with E-state index in [0.717, 1.165) is 19.3 Å². The molecule has 0 spiro atoms. The molecule has 0 fully saturated rings. The molecule has 1 unspecified atom stereocenters. The summed E-state index contributed by atoms with van der Waals surface area (Å²) in [6.45, 7) is 6.32. The highest BCUT2D eigenvalue weighted by Gasteiger charge is 2.20. The van der Waals surface area contributed by atoms with Crippen molar-refractivity contribution >= 4 is 0 Å². The fourth-order valence-corrected chi connectivity index (χ4v) is 1.72. The van der Waals surface area contributed by atoms with Crippen molar-refractivity contribution in [1.29, 1.82) is 0 Å². The van der Waals surface area contributed by atoms with Gasteiger partial charge in [0.05, 0.1) is 5.60 Å². The Morgan fingerprint density at radius 1 is 1.20 bits per heavy atom. The monoisotopic (exact) mass is 206 g/mol. The third-order valence-corrected chi connectivity index (χ3v) is 2.69. The van der Waals surface area contributed by atoms with E-state index in [1.807, 2.05) is 25.1 Å². The molecule has 0 aliphatic carbocycles. The summed E-state index contributed by atoms with van der Waals surface area (Å²) in [5.74, 6) is 0.659. The van der Waals surface area contributed by atoms with Crippen LogP contribution in [0.25, 0.3) is 0 Å². The Morgan fingerprint density at radius 2 is 1.80 bits per heavy atom. The number of benzene rings is 1. The lowest BCUT2D eigenvalue weighted by Crippen LogP contribution is -2.27. The maximum atomic E-state index is 10.2. The Labute approximate surface area is 93.1 Å². The van der Waals surface area contributed by atoms with E-state index in [1.54, 1.807) is 0 Å². The fraction of sp³-hybridized carbons (Fsp3) is 0.571. The molecule has 0 amide bonds. The van der Waals surface area contributed by atoms with E-state index >= 15 is 0 Å². The smallest absolute Gasteiger partial charge is 0.0660 e. The van der Waals surface area contributed by atoms with Crippen LogP contribution in [0.2, 0.25) is 0 Å². The second-order valence-electron chi connectivity index (χ2n) is 5.09. The average Bonchev–Trinajstić information content (AvgIpc) is 2.16. The van der Waals surface area contributed by atoms with Crippen LogP contribution < -0.4 is 0 Å². The second kappa shape index (κ2) is 5.32. The van der Waals surface area contributed by atoms with Crippen LogP contribution in [0.1, 0.15) is 39.2 Å². The van der Waals surface area contributed by atoms with E-state index in [4.69, 9.17) is 0 Å². The highest BCUT2D eigenvalue weighted by atomic mass is 16.3. The van der Waals surface area contributed by atoms with Crippen LogP contribution in [-0.2, 0) is 6.42 Å². The van der Waals surface area contributed by atoms with Crippen molar-refractivity contribution in [2.24, 2.45) is 5.92 Å². The van der Waals surface area contributed by atoms with Crippen LogP contribution in [0.5, 0.6) is 0 Å². The highest BCUT2D eigenvalue weighted by Crippen LogP contribution is 2.20. The molecule has 0 radical (unpaired) electrons. The lowest BCUT2D eigenvalue weighted by atomic mass is 9.89. The Balaban J connectivity index is 2.49. The zero-order valence-corrected chi connectivity index (χ0v) is 10.0. The lowest BCUT2D eigenvalue weighted by molar-refractivity contribution is 0.0457. The van der Waals surface area contributed by atoms with Crippen molar-refractivity contribution in [3.05, 3.63) is 35.9 Å². The second-order valence-corrected chi connectivity index (χ2v) is 5.09. The van der Waals surface area contributed by atoms with E-state index in [-0.39, 0.29) is 0 Å². The predicted molar refractivity (Wildman–Crippen MR) is 64.8 cm³/mol. The van der Waals surface area contributed by atoms with Crippen LogP contribution in [-0.4, -0.2) is 10.7 Å². The van der Waals surface area contributed by atoms with Gasteiger partial charge in [0.25, 0.3) is 0 Å². The van der Waals surface area contributed by atoms with Crippen molar-refractivity contribution in [3.8, 4) is 0 Å². The van der Waals surface area contributed by atoms with Gasteiger partial charge in [-0.05, 0) is 31.2 Å². The molecule has 1 atom stereocenters. The quantitative estimate of drug-likeness (QED) is 0.782. The molecule has 1 N–H and O–H groups in total. The number of hydrogen-bond donors (Lipinski definition) is 1. The Morgan fingerprint density at radius 3 is 2.33 bits per heavy atom. The van der Waals surface area contributed by atoms with Gasteiger partial charge in [-0.25, -0.2) is 0 Å². The summed E-state index contributed by atoms with van der Waals surface area (Å²) in [6, 6.07) is 10.2. The number of hydrogen-bond acceptors (Lipinski definition) is 1. The largest absolute Gasteiger partial charge is 0.390 e. The van der Waals surface area contributed by atoms with Crippen molar-refractivity contribution in [2.45, 2.75) is 45.6 Å². The highest BCUT2D eigenvalue weighted by molar-refractivity contribution is 5.16. The minimum atomic E-state index is -0.564. The van der Waals surface area contributed by atoms with E-state index < -0.39 is 5.60 Å². The summed E-state index contributed by atoms with van der Waals surface area (Å²) in [7, 11) is 0. The third kappa shape index (κ3) is 4.98. The Bertz CT molecular complexity index is 275. The fourth-order valence-electron chi connectivity index (χ4n) is 1.72. The molecule has 0 aliphatic heterocycles. The van der Waals surface area contributed by atoms with Gasteiger partial charge < -0.3 is 5.11 Å². The van der Waals surface area contributed by atoms with Crippen molar-refractivity contribution in [3.63, 3.8) is 0 Å². The summed E-state index contributed by atoms with van der Waals surface area (Å²) < 4.78 is 0. The summed E-state index contributed by atoms with van der Waals surface area (Å²) in [6.07, 6.45) is 2.71. The van der Waals surface area contributed by atoms with E-state index in [2.05, 4.69) is 26.0 Å². The molecule has 0 bridgehead atoms. The van der Waals surface area contributed by atoms with Crippen LogP contribution in [0, 0.1) is 5.92 Å². The molecular formula is C14H22O. The van der Waals surface area contributed by atoms with Crippen LogP contribution in [0.4, 0.5) is 0 Å². The average molecular weight is 206 g/mol. The van der Waals surface area contributed by atoms with Crippen LogP contribution in [0.3, 0.4) is 0 Å². The van der Waals surface area contributed by atoms with E-state index in [1.165, 1.54) is 5.56 Å². The number of aliphatic hydroxyl groups is 1. The minimum Gasteiger partial charge on any atom is -0.390 e. The first-order chi connectivity index (χ1) is 6.99. The standard InChI is InChI=1S/C14H22O/c1-12(2)9-10-14(3,15)11-13-7-5-4-6-8-13/h4-8,12,15H,9-11H2,1-3H3. The summed E-state index contributed by atoms with van der Waals surface area (Å²) in [4.78, 5) is 0. The minimum absolute atomic E-state index is 0.564. The van der Waals surface area contributed by atoms with Gasteiger partial charge in [0, 0.05) is 6.42 Å². The van der Waals surface area contributed by atoms with Gasteiger partial charge in [0.15, 0.2) is 0 Å². The van der Waals surface area contributed by atoms with E-state index in [9.17, 15) is 5.11 Å². The molecule has 1 heteroatoms. The molecule has 0 saturated heterocycles. The van der Waals surface area contributed by atoms with Crippen LogP contribution >= 0.6 is 0 Å². The normalized spacial score (nSPS) is 15.3. The molecular weight excluding hydrogens is 184 g/mol. The molecule has 15 heavy (non-hydrogen) atoms. The van der Waals surface area contributed by atoms with E-state index in [0.29, 0.717) is 5.92 Å². The topological polar surface area (TPSA) is 20.2 Å². The molecule has 1 aromatic carbocycles. The van der Waals surface area contributed by atoms with Crippen molar-refractivity contribution in [2.75, 3.05) is 0 Å². The molecule has 0 heterocycles. The van der Waals surface area contributed by atoms with Gasteiger partial charge in [-0.3, -0.25) is 0 Å². The maximum absolute atomic E-state index is 10.2. The molecule has 0 aromatic heterocycles. The molecule has 1 nitrogen and oxygen atoms in total. The van der Waals surface area contributed by atoms with Gasteiger partial charge in [-0.15, -0.1) is 0 Å². The molecule has 0 aliphatic rings. The van der Waals surface area contributed by atoms with Gasteiger partial charge in [0.1, 0.15) is 0 Å². The Hall–Kier alpha value is -0.820. The zero-order valence-electron chi connectivity index (χ0n) is 10.0. The number of rotatable bonds is 5. The molecule has 0 saturated carbocycles. The first-order valence-electron chi connectivity index (χ1n) is 5.76. The summed E-state index contributed by atoms with van der Waals surface area (Å²) in [5.41, 5.74) is 0.650. The molecule has 84 valence electrons. The van der Waals surface area contributed by atoms with Gasteiger partial charge in [-0.2, -0.15) is 0 Å². The summed E-state index contributed by atoms with van der Waals surface area (Å²) in [5, 5.41) is 10.2.